The number of halogens is 3. The van der Waals surface area contributed by atoms with Crippen molar-refractivity contribution in [2.75, 3.05) is 16.8 Å². The summed E-state index contributed by atoms with van der Waals surface area (Å²) in [6.07, 6.45) is -1.68. The van der Waals surface area contributed by atoms with E-state index in [0.717, 1.165) is 30.4 Å². The summed E-state index contributed by atoms with van der Waals surface area (Å²) < 4.78 is 69.5. The molecule has 13 heteroatoms. The molecule has 2 atom stereocenters. The SMILES string of the molecule is CC(C)(C)c1ccc2c(n1)N1C[C@@H](CC[C@@H](c3cc(C(F)(F)F)ccn3)Nc3cccc(n3)S(=O)(=O)NC2=O)CC1(C)C. The van der Waals surface area contributed by atoms with E-state index >= 15 is 0 Å². The van der Waals surface area contributed by atoms with Crippen molar-refractivity contribution in [3.05, 3.63) is 71.2 Å². The lowest BCUT2D eigenvalue weighted by Crippen LogP contribution is -2.41. The zero-order chi connectivity index (χ0) is 31.4. The highest BCUT2D eigenvalue weighted by Gasteiger charge is 2.42. The third-order valence-electron chi connectivity index (χ3n) is 7.98. The Morgan fingerprint density at radius 1 is 1.02 bits per heavy atom. The highest BCUT2D eigenvalue weighted by atomic mass is 32.2. The van der Waals surface area contributed by atoms with Crippen LogP contribution in [0.15, 0.2) is 53.7 Å². The Balaban J connectivity index is 1.62. The number of fused-ring (bicyclic) bond motifs is 6. The molecule has 2 N–H and O–H groups in total. The van der Waals surface area contributed by atoms with Gasteiger partial charge in [0.25, 0.3) is 15.9 Å². The molecule has 5 heterocycles. The molecule has 0 radical (unpaired) electrons. The van der Waals surface area contributed by atoms with Crippen LogP contribution in [0.4, 0.5) is 24.8 Å². The zero-order valence-corrected chi connectivity index (χ0v) is 25.5. The highest BCUT2D eigenvalue weighted by Crippen LogP contribution is 2.41. The number of carbonyl (C=O) groups is 1. The maximum Gasteiger partial charge on any atom is 0.416 e. The highest BCUT2D eigenvalue weighted by molar-refractivity contribution is 7.90. The van der Waals surface area contributed by atoms with Gasteiger partial charge in [0.2, 0.25) is 0 Å². The van der Waals surface area contributed by atoms with E-state index in [9.17, 15) is 26.4 Å². The molecule has 0 aliphatic carbocycles. The van der Waals surface area contributed by atoms with Crippen molar-refractivity contribution < 1.29 is 26.4 Å². The average molecular weight is 617 g/mol. The lowest BCUT2D eigenvalue weighted by atomic mass is 9.90. The number of nitrogens with one attached hydrogen (secondary N) is 2. The molecule has 0 spiro atoms. The van der Waals surface area contributed by atoms with Crippen LogP contribution in [0.3, 0.4) is 0 Å². The summed E-state index contributed by atoms with van der Waals surface area (Å²) in [5.41, 5.74) is -0.568. The number of alkyl halides is 3. The molecule has 0 saturated carbocycles. The van der Waals surface area contributed by atoms with Crippen molar-refractivity contribution in [3.63, 3.8) is 0 Å². The van der Waals surface area contributed by atoms with Crippen LogP contribution in [0, 0.1) is 5.92 Å². The second-order valence-electron chi connectivity index (χ2n) is 12.8. The molecule has 0 aromatic carbocycles. The smallest absolute Gasteiger partial charge is 0.362 e. The van der Waals surface area contributed by atoms with Crippen LogP contribution in [0.5, 0.6) is 0 Å². The number of amides is 1. The molecular weight excluding hydrogens is 581 g/mol. The van der Waals surface area contributed by atoms with Crippen molar-refractivity contribution in [2.45, 2.75) is 82.1 Å². The van der Waals surface area contributed by atoms with Crippen LogP contribution in [0.25, 0.3) is 0 Å². The monoisotopic (exact) mass is 616 g/mol. The summed E-state index contributed by atoms with van der Waals surface area (Å²) in [5.74, 6) is -0.212. The maximum atomic E-state index is 13.6. The molecule has 0 unspecified atom stereocenters. The molecule has 1 fully saturated rings. The van der Waals surface area contributed by atoms with E-state index in [0.29, 0.717) is 25.2 Å². The number of pyridine rings is 3. The van der Waals surface area contributed by atoms with E-state index in [2.05, 4.69) is 20.0 Å². The van der Waals surface area contributed by atoms with Crippen molar-refractivity contribution >= 4 is 27.6 Å². The first-order chi connectivity index (χ1) is 19.9. The lowest BCUT2D eigenvalue weighted by molar-refractivity contribution is -0.137. The fourth-order valence-corrected chi connectivity index (χ4v) is 6.70. The molecule has 9 nitrogen and oxygen atoms in total. The maximum absolute atomic E-state index is 13.6. The molecule has 5 rings (SSSR count). The van der Waals surface area contributed by atoms with E-state index in [1.807, 2.05) is 39.5 Å². The minimum absolute atomic E-state index is 0.106. The Hall–Kier alpha value is -3.74. The summed E-state index contributed by atoms with van der Waals surface area (Å²) in [6, 6.07) is 8.78. The number of carbonyl (C=O) groups excluding carboxylic acids is 1. The molecule has 1 saturated heterocycles. The molecule has 3 aromatic heterocycles. The Kier molecular flexibility index (Phi) is 7.68. The van der Waals surface area contributed by atoms with Gasteiger partial charge in [-0.1, -0.05) is 26.8 Å². The quantitative estimate of drug-likeness (QED) is 0.349. The largest absolute Gasteiger partial charge is 0.416 e. The molecule has 4 bridgehead atoms. The Morgan fingerprint density at radius 2 is 1.77 bits per heavy atom. The topological polar surface area (TPSA) is 117 Å². The van der Waals surface area contributed by atoms with Crippen LogP contribution in [0.2, 0.25) is 0 Å². The van der Waals surface area contributed by atoms with E-state index in [-0.39, 0.29) is 28.4 Å². The van der Waals surface area contributed by atoms with Crippen LogP contribution in [-0.4, -0.2) is 41.4 Å². The standard InChI is InChI=1S/C30H35F3N6O3S/c1-28(2,3)23-12-10-20-26(36-23)39-17-18(16-29(39,4)5)9-11-21(22-15-19(13-14-34-22)30(31,32)33)35-24-7-6-8-25(37-24)43(41,42)38-27(20)40/h6-8,10,12-15,18,21H,9,11,16-17H2,1-5H3,(H,35,37)(H,38,40)/t18-,21-/m0/s1. The van der Waals surface area contributed by atoms with Crippen LogP contribution in [0.1, 0.15) is 87.2 Å². The van der Waals surface area contributed by atoms with Crippen molar-refractivity contribution in [3.8, 4) is 0 Å². The van der Waals surface area contributed by atoms with Crippen LogP contribution < -0.4 is 14.9 Å². The minimum atomic E-state index is -4.55. The zero-order valence-electron chi connectivity index (χ0n) is 24.7. The van der Waals surface area contributed by atoms with E-state index in [1.165, 1.54) is 18.2 Å². The number of anilines is 2. The van der Waals surface area contributed by atoms with Gasteiger partial charge in [0.1, 0.15) is 11.6 Å². The van der Waals surface area contributed by atoms with Crippen molar-refractivity contribution in [1.29, 1.82) is 0 Å². The normalized spacial score (nSPS) is 22.0. The number of aromatic nitrogens is 3. The van der Waals surface area contributed by atoms with E-state index in [1.54, 1.807) is 12.1 Å². The number of nitrogens with zero attached hydrogens (tertiary/aromatic N) is 4. The summed E-state index contributed by atoms with van der Waals surface area (Å²) in [6.45, 7) is 10.6. The predicted octanol–water partition coefficient (Wildman–Crippen LogP) is 5.86. The molecule has 2 aliphatic heterocycles. The van der Waals surface area contributed by atoms with Crippen LogP contribution >= 0.6 is 0 Å². The molecule has 3 aromatic rings. The first-order valence-corrected chi connectivity index (χ1v) is 15.6. The van der Waals surface area contributed by atoms with Crippen molar-refractivity contribution in [2.24, 2.45) is 5.92 Å². The fraction of sp³-hybridized carbons (Fsp3) is 0.467. The average Bonchev–Trinajstić information content (AvgIpc) is 3.23. The van der Waals surface area contributed by atoms with Gasteiger partial charge in [-0.2, -0.15) is 21.6 Å². The lowest BCUT2D eigenvalue weighted by Gasteiger charge is -2.34. The summed E-state index contributed by atoms with van der Waals surface area (Å²) in [4.78, 5) is 28.9. The molecule has 43 heavy (non-hydrogen) atoms. The van der Waals surface area contributed by atoms with Gasteiger partial charge in [0.15, 0.2) is 5.03 Å². The second-order valence-corrected chi connectivity index (χ2v) is 14.5. The van der Waals surface area contributed by atoms with Gasteiger partial charge in [0, 0.05) is 29.4 Å². The summed E-state index contributed by atoms with van der Waals surface area (Å²) in [5, 5.41) is 2.69. The third kappa shape index (κ3) is 6.46. The van der Waals surface area contributed by atoms with Gasteiger partial charge in [-0.05, 0) is 75.4 Å². The number of hydrogen-bond acceptors (Lipinski definition) is 8. The fourth-order valence-electron chi connectivity index (χ4n) is 5.77. The minimum Gasteiger partial charge on any atom is -0.362 e. The molecule has 1 amide bonds. The van der Waals surface area contributed by atoms with E-state index in [4.69, 9.17) is 4.98 Å². The molecular formula is C30H35F3N6O3S. The molecule has 2 aliphatic rings. The number of hydrogen-bond donors (Lipinski definition) is 2. The first-order valence-electron chi connectivity index (χ1n) is 14.1. The van der Waals surface area contributed by atoms with Gasteiger partial charge in [-0.3, -0.25) is 9.78 Å². The van der Waals surface area contributed by atoms with Gasteiger partial charge in [0.05, 0.1) is 22.9 Å². The summed E-state index contributed by atoms with van der Waals surface area (Å²) >= 11 is 0. The van der Waals surface area contributed by atoms with Gasteiger partial charge in [-0.15, -0.1) is 0 Å². The number of sulfonamides is 1. The Labute approximate surface area is 249 Å². The Bertz CT molecular complexity index is 1650. The predicted molar refractivity (Wildman–Crippen MR) is 156 cm³/mol. The van der Waals surface area contributed by atoms with Crippen molar-refractivity contribution in [1.82, 2.24) is 19.7 Å². The number of rotatable bonds is 1. The molecule has 230 valence electrons. The van der Waals surface area contributed by atoms with E-state index < -0.39 is 44.3 Å². The first kappa shape index (κ1) is 30.7. The Morgan fingerprint density at radius 3 is 2.47 bits per heavy atom. The summed E-state index contributed by atoms with van der Waals surface area (Å²) in [7, 11) is -4.42. The van der Waals surface area contributed by atoms with Crippen LogP contribution in [-0.2, 0) is 21.6 Å². The third-order valence-corrected chi connectivity index (χ3v) is 9.21. The second kappa shape index (κ2) is 10.8. The van der Waals surface area contributed by atoms with Gasteiger partial charge >= 0.3 is 6.18 Å². The van der Waals surface area contributed by atoms with Gasteiger partial charge in [-0.25, -0.2) is 14.7 Å². The van der Waals surface area contributed by atoms with Gasteiger partial charge < -0.3 is 10.2 Å².